The van der Waals surface area contributed by atoms with Gasteiger partial charge in [0.2, 0.25) is 23.6 Å². The molecule has 1 heterocycles. The maximum Gasteiger partial charge on any atom is 0.326 e. The van der Waals surface area contributed by atoms with Gasteiger partial charge in [-0.2, -0.15) is 0 Å². The van der Waals surface area contributed by atoms with E-state index in [2.05, 4.69) is 15.6 Å². The Labute approximate surface area is 239 Å². The number of aliphatic carboxylic acids is 2. The maximum absolute atomic E-state index is 13.4. The molecule has 0 spiro atoms. The monoisotopic (exact) mass is 580 g/mol. The lowest BCUT2D eigenvalue weighted by Gasteiger charge is -2.24. The zero-order valence-corrected chi connectivity index (χ0v) is 22.4. The van der Waals surface area contributed by atoms with Gasteiger partial charge in [-0.15, -0.1) is 0 Å². The van der Waals surface area contributed by atoms with Crippen LogP contribution in [0.4, 0.5) is 0 Å². The third-order valence-electron chi connectivity index (χ3n) is 6.40. The van der Waals surface area contributed by atoms with E-state index in [0.29, 0.717) is 5.56 Å². The van der Waals surface area contributed by atoms with Crippen molar-refractivity contribution in [2.24, 2.45) is 11.5 Å². The Morgan fingerprint density at radius 3 is 1.98 bits per heavy atom. The molecular weight excluding hydrogens is 548 g/mol. The Morgan fingerprint density at radius 2 is 1.33 bits per heavy atom. The van der Waals surface area contributed by atoms with E-state index < -0.39 is 72.6 Å². The van der Waals surface area contributed by atoms with Crippen molar-refractivity contribution in [1.82, 2.24) is 20.9 Å². The number of hydrogen-bond acceptors (Lipinski definition) is 7. The van der Waals surface area contributed by atoms with Crippen molar-refractivity contribution >= 4 is 46.5 Å². The molecule has 4 atom stereocenters. The summed E-state index contributed by atoms with van der Waals surface area (Å²) >= 11 is 0. The quantitative estimate of drug-likeness (QED) is 0.112. The number of carboxylic acid groups (broad SMARTS) is 2. The van der Waals surface area contributed by atoms with Crippen molar-refractivity contribution in [3.05, 3.63) is 71.9 Å². The fourth-order valence-corrected chi connectivity index (χ4v) is 4.30. The van der Waals surface area contributed by atoms with Gasteiger partial charge in [0, 0.05) is 23.5 Å². The van der Waals surface area contributed by atoms with E-state index in [0.717, 1.165) is 16.5 Å². The molecule has 2 aromatic carbocycles. The summed E-state index contributed by atoms with van der Waals surface area (Å²) in [4.78, 5) is 76.5. The summed E-state index contributed by atoms with van der Waals surface area (Å²) in [6.45, 7) is 0. The number of H-pyrrole nitrogens is 1. The van der Waals surface area contributed by atoms with E-state index in [9.17, 15) is 33.9 Å². The highest BCUT2D eigenvalue weighted by Crippen LogP contribution is 2.19. The predicted octanol–water partition coefficient (Wildman–Crippen LogP) is -0.830. The molecule has 0 saturated heterocycles. The van der Waals surface area contributed by atoms with E-state index in [1.54, 1.807) is 36.5 Å². The number of benzene rings is 2. The van der Waals surface area contributed by atoms with Crippen molar-refractivity contribution in [3.63, 3.8) is 0 Å². The summed E-state index contributed by atoms with van der Waals surface area (Å²) in [6.07, 6.45) is 0.221. The first-order valence-corrected chi connectivity index (χ1v) is 12.9. The zero-order valence-electron chi connectivity index (χ0n) is 22.4. The molecule has 10 N–H and O–H groups in total. The number of hydrogen-bond donors (Lipinski definition) is 8. The molecule has 0 fully saturated rings. The number of rotatable bonds is 15. The standard InChI is InChI=1S/C28H32N6O8/c29-18(11-16-14-31-19-9-5-4-8-17(16)19)25(38)32-20(10-15-6-2-1-3-7-15)26(39)33-21(12-23(30)35)27(40)34-22(28(41)42)13-24(36)37/h1-9,14,18,20-22,31H,10-13,29H2,(H2,30,35)(H,32,38)(H,33,39)(H,34,40)(H,36,37)(H,41,42). The van der Waals surface area contributed by atoms with Crippen LogP contribution in [-0.4, -0.2) is 74.9 Å². The van der Waals surface area contributed by atoms with E-state index in [1.165, 1.54) is 0 Å². The minimum atomic E-state index is -1.83. The van der Waals surface area contributed by atoms with E-state index >= 15 is 0 Å². The molecule has 3 aromatic rings. The van der Waals surface area contributed by atoms with Gasteiger partial charge in [-0.05, 0) is 23.6 Å². The summed E-state index contributed by atoms with van der Waals surface area (Å²) in [6, 6.07) is 10.3. The summed E-state index contributed by atoms with van der Waals surface area (Å²) in [5, 5.41) is 26.0. The number of para-hydroxylation sites is 1. The van der Waals surface area contributed by atoms with Crippen LogP contribution >= 0.6 is 0 Å². The number of carboxylic acids is 2. The molecule has 4 unspecified atom stereocenters. The maximum atomic E-state index is 13.4. The van der Waals surface area contributed by atoms with Crippen LogP contribution in [0.5, 0.6) is 0 Å². The molecule has 14 nitrogen and oxygen atoms in total. The van der Waals surface area contributed by atoms with Gasteiger partial charge in [-0.25, -0.2) is 4.79 Å². The summed E-state index contributed by atoms with van der Waals surface area (Å²) in [5.41, 5.74) is 13.7. The number of primary amides is 1. The fraction of sp³-hybridized carbons (Fsp3) is 0.286. The van der Waals surface area contributed by atoms with Crippen LogP contribution in [0.3, 0.4) is 0 Å². The summed E-state index contributed by atoms with van der Waals surface area (Å²) in [7, 11) is 0. The molecule has 0 aliphatic heterocycles. The van der Waals surface area contributed by atoms with Crippen LogP contribution in [0.25, 0.3) is 10.9 Å². The summed E-state index contributed by atoms with van der Waals surface area (Å²) < 4.78 is 0. The minimum absolute atomic E-state index is 0.0140. The lowest BCUT2D eigenvalue weighted by molar-refractivity contribution is -0.147. The average molecular weight is 581 g/mol. The highest BCUT2D eigenvalue weighted by molar-refractivity contribution is 5.97. The SMILES string of the molecule is NC(=O)CC(NC(=O)C(Cc1ccccc1)NC(=O)C(N)Cc1c[nH]c2ccccc12)C(=O)NC(CC(=O)O)C(=O)O. The van der Waals surface area contributed by atoms with Gasteiger partial charge in [0.05, 0.1) is 18.9 Å². The highest BCUT2D eigenvalue weighted by Gasteiger charge is 2.32. The predicted molar refractivity (Wildman–Crippen MR) is 150 cm³/mol. The molecule has 14 heteroatoms. The lowest BCUT2D eigenvalue weighted by atomic mass is 10.0. The van der Waals surface area contributed by atoms with Gasteiger partial charge >= 0.3 is 11.9 Å². The molecular formula is C28H32N6O8. The number of nitrogens with two attached hydrogens (primary N) is 2. The molecule has 1 aromatic heterocycles. The molecule has 4 amide bonds. The first-order valence-electron chi connectivity index (χ1n) is 12.9. The molecule has 0 aliphatic carbocycles. The van der Waals surface area contributed by atoms with Crippen LogP contribution in [0.15, 0.2) is 60.8 Å². The molecule has 0 aliphatic rings. The van der Waals surface area contributed by atoms with E-state index in [4.69, 9.17) is 16.6 Å². The average Bonchev–Trinajstić information content (AvgIpc) is 3.34. The van der Waals surface area contributed by atoms with Crippen molar-refractivity contribution in [1.29, 1.82) is 0 Å². The van der Waals surface area contributed by atoms with Gasteiger partial charge in [0.1, 0.15) is 18.1 Å². The topological polar surface area (TPSA) is 247 Å². The number of aromatic amines is 1. The molecule has 0 saturated carbocycles. The van der Waals surface area contributed by atoms with Gasteiger partial charge in [0.25, 0.3) is 0 Å². The van der Waals surface area contributed by atoms with E-state index in [-0.39, 0.29) is 12.8 Å². The smallest absolute Gasteiger partial charge is 0.326 e. The first-order chi connectivity index (χ1) is 19.9. The van der Waals surface area contributed by atoms with Gasteiger partial charge in [-0.3, -0.25) is 24.0 Å². The summed E-state index contributed by atoms with van der Waals surface area (Å²) in [5.74, 6) is -6.79. The second kappa shape index (κ2) is 14.4. The van der Waals surface area contributed by atoms with Gasteiger partial charge in [0.15, 0.2) is 0 Å². The molecule has 42 heavy (non-hydrogen) atoms. The second-order valence-corrected chi connectivity index (χ2v) is 9.65. The molecule has 3 rings (SSSR count). The van der Waals surface area contributed by atoms with Crippen molar-refractivity contribution in [3.8, 4) is 0 Å². The number of nitrogens with one attached hydrogen (secondary N) is 4. The zero-order chi connectivity index (χ0) is 30.8. The van der Waals surface area contributed by atoms with Crippen molar-refractivity contribution in [2.75, 3.05) is 0 Å². The van der Waals surface area contributed by atoms with Crippen LogP contribution in [0.2, 0.25) is 0 Å². The van der Waals surface area contributed by atoms with Crippen molar-refractivity contribution < 1.29 is 39.0 Å². The first kappa shape index (κ1) is 31.3. The van der Waals surface area contributed by atoms with E-state index in [1.807, 2.05) is 29.6 Å². The Morgan fingerprint density at radius 1 is 0.738 bits per heavy atom. The Balaban J connectivity index is 1.78. The third-order valence-corrected chi connectivity index (χ3v) is 6.40. The fourth-order valence-electron chi connectivity index (χ4n) is 4.30. The normalized spacial score (nSPS) is 13.7. The lowest BCUT2D eigenvalue weighted by Crippen LogP contribution is -2.58. The molecule has 0 radical (unpaired) electrons. The van der Waals surface area contributed by atoms with Crippen LogP contribution in [-0.2, 0) is 41.6 Å². The minimum Gasteiger partial charge on any atom is -0.481 e. The second-order valence-electron chi connectivity index (χ2n) is 9.65. The Hall–Kier alpha value is -5.24. The Bertz CT molecular complexity index is 1460. The number of aromatic nitrogens is 1. The van der Waals surface area contributed by atoms with Crippen LogP contribution in [0, 0.1) is 0 Å². The number of amides is 4. The molecule has 0 bridgehead atoms. The van der Waals surface area contributed by atoms with Gasteiger partial charge < -0.3 is 42.6 Å². The largest absolute Gasteiger partial charge is 0.481 e. The third kappa shape index (κ3) is 8.89. The van der Waals surface area contributed by atoms with Crippen LogP contribution in [0.1, 0.15) is 24.0 Å². The van der Waals surface area contributed by atoms with Crippen molar-refractivity contribution in [2.45, 2.75) is 49.9 Å². The van der Waals surface area contributed by atoms with Gasteiger partial charge in [-0.1, -0.05) is 48.5 Å². The molecule has 222 valence electrons. The number of carbonyl (C=O) groups excluding carboxylic acids is 4. The Kier molecular flexibility index (Phi) is 10.7. The number of fused-ring (bicyclic) bond motifs is 1. The van der Waals surface area contributed by atoms with Crippen LogP contribution < -0.4 is 27.4 Å². The number of carbonyl (C=O) groups is 6. The highest BCUT2D eigenvalue weighted by atomic mass is 16.4.